The van der Waals surface area contributed by atoms with E-state index in [0.717, 1.165) is 46.8 Å². The third-order valence-corrected chi connectivity index (χ3v) is 9.38. The molecule has 3 aliphatic rings. The molecule has 0 saturated carbocycles. The Morgan fingerprint density at radius 2 is 1.60 bits per heavy atom. The number of ether oxygens (including phenoxy) is 1. The van der Waals surface area contributed by atoms with Gasteiger partial charge in [0.2, 0.25) is 5.69 Å². The predicted molar refractivity (Wildman–Crippen MR) is 167 cm³/mol. The van der Waals surface area contributed by atoms with Crippen LogP contribution in [0, 0.1) is 0 Å². The van der Waals surface area contributed by atoms with Crippen molar-refractivity contribution < 1.29 is 14.4 Å². The molecule has 5 rings (SSSR count). The highest BCUT2D eigenvalue weighted by Crippen LogP contribution is 2.48. The molecule has 2 aromatic carbocycles. The lowest BCUT2D eigenvalue weighted by Gasteiger charge is -2.29. The van der Waals surface area contributed by atoms with E-state index in [1.54, 1.807) is 7.11 Å². The Bertz CT molecular complexity index is 1470. The SMILES string of the molecule is COC(C)[N+]1=C(/C=C/C2=C(Cl)C(=C/C=C3/N(C(C)O)c4ccccc4C3(C)C)/CCC2)C(C)(C)c2ccccc21. The molecule has 2 aliphatic heterocycles. The zero-order valence-corrected chi connectivity index (χ0v) is 25.6. The second-order valence-corrected chi connectivity index (χ2v) is 12.5. The zero-order valence-electron chi connectivity index (χ0n) is 24.8. The van der Waals surface area contributed by atoms with E-state index in [9.17, 15) is 5.11 Å². The Balaban J connectivity index is 1.52. The van der Waals surface area contributed by atoms with Crippen LogP contribution in [0.4, 0.5) is 11.4 Å². The smallest absolute Gasteiger partial charge is 0.260 e. The summed E-state index contributed by atoms with van der Waals surface area (Å²) in [6.45, 7) is 12.9. The lowest BCUT2D eigenvalue weighted by molar-refractivity contribution is -0.532. The average Bonchev–Trinajstić information content (AvgIpc) is 3.30. The zero-order chi connectivity index (χ0) is 28.8. The fourth-order valence-corrected chi connectivity index (χ4v) is 6.92. The fourth-order valence-electron chi connectivity index (χ4n) is 6.61. The van der Waals surface area contributed by atoms with Crippen LogP contribution >= 0.6 is 11.6 Å². The van der Waals surface area contributed by atoms with E-state index in [1.807, 2.05) is 17.9 Å². The molecule has 0 amide bonds. The quantitative estimate of drug-likeness (QED) is 0.363. The second kappa shape index (κ2) is 10.8. The number of methoxy groups -OCH3 is 1. The summed E-state index contributed by atoms with van der Waals surface area (Å²) in [6, 6.07) is 16.9. The number of benzene rings is 2. The standard InChI is InChI=1S/C35H42ClN2O2/c1-23(39)37-29-17-10-8-15-27(29)34(3,4)31(37)21-19-25-13-12-14-26(33(25)36)20-22-32-35(5,6)28-16-9-11-18-30(28)38(32)24(2)40-7/h8-11,15-24,39H,12-14H2,1-7H3/q+1. The van der Waals surface area contributed by atoms with Gasteiger partial charge >= 0.3 is 0 Å². The summed E-state index contributed by atoms with van der Waals surface area (Å²) in [7, 11) is 1.76. The normalized spacial score (nSPS) is 23.4. The van der Waals surface area contributed by atoms with Crippen molar-refractivity contribution in [3.63, 3.8) is 0 Å². The summed E-state index contributed by atoms with van der Waals surface area (Å²) >= 11 is 7.09. The number of rotatable bonds is 6. The van der Waals surface area contributed by atoms with Crippen molar-refractivity contribution in [2.75, 3.05) is 12.0 Å². The third kappa shape index (κ3) is 4.70. The number of aliphatic hydroxyl groups excluding tert-OH is 1. The maximum atomic E-state index is 10.7. The molecule has 40 heavy (non-hydrogen) atoms. The van der Waals surface area contributed by atoms with Crippen molar-refractivity contribution in [1.29, 1.82) is 0 Å². The monoisotopic (exact) mass is 557 g/mol. The molecular weight excluding hydrogens is 516 g/mol. The van der Waals surface area contributed by atoms with E-state index in [0.29, 0.717) is 0 Å². The molecule has 2 atom stereocenters. The summed E-state index contributed by atoms with van der Waals surface area (Å²) in [4.78, 5) is 2.04. The first-order valence-electron chi connectivity index (χ1n) is 14.3. The summed E-state index contributed by atoms with van der Waals surface area (Å²) in [5.74, 6) is 0. The van der Waals surface area contributed by atoms with E-state index in [1.165, 1.54) is 22.5 Å². The van der Waals surface area contributed by atoms with Crippen LogP contribution in [-0.2, 0) is 15.6 Å². The van der Waals surface area contributed by atoms with Crippen LogP contribution in [-0.4, -0.2) is 35.0 Å². The van der Waals surface area contributed by atoms with Gasteiger partial charge in [-0.25, -0.2) is 0 Å². The lowest BCUT2D eigenvalue weighted by atomic mass is 9.81. The Hall–Kier alpha value is -2.92. The van der Waals surface area contributed by atoms with Gasteiger partial charge in [0.1, 0.15) is 6.23 Å². The minimum Gasteiger partial charge on any atom is -0.374 e. The molecule has 2 unspecified atom stereocenters. The fraction of sp³-hybridized carbons (Fsp3) is 0.400. The van der Waals surface area contributed by atoms with Crippen LogP contribution in [0.1, 0.15) is 71.9 Å². The van der Waals surface area contributed by atoms with E-state index in [2.05, 4.69) is 106 Å². The van der Waals surface area contributed by atoms with Gasteiger partial charge in [0.05, 0.1) is 5.41 Å². The summed E-state index contributed by atoms with van der Waals surface area (Å²) in [5, 5.41) is 11.5. The van der Waals surface area contributed by atoms with Crippen molar-refractivity contribution >= 4 is 28.7 Å². The van der Waals surface area contributed by atoms with Crippen molar-refractivity contribution in [3.05, 3.63) is 106 Å². The van der Waals surface area contributed by atoms with E-state index in [-0.39, 0.29) is 17.1 Å². The Morgan fingerprint density at radius 3 is 2.30 bits per heavy atom. The van der Waals surface area contributed by atoms with Gasteiger partial charge in [0.25, 0.3) is 6.23 Å². The van der Waals surface area contributed by atoms with Crippen molar-refractivity contribution in [1.82, 2.24) is 0 Å². The number of anilines is 1. The molecule has 0 spiro atoms. The van der Waals surface area contributed by atoms with Crippen LogP contribution in [0.15, 0.2) is 94.7 Å². The van der Waals surface area contributed by atoms with E-state index in [4.69, 9.17) is 16.3 Å². The van der Waals surface area contributed by atoms with Gasteiger partial charge in [0, 0.05) is 53.6 Å². The van der Waals surface area contributed by atoms with Crippen LogP contribution in [0.2, 0.25) is 0 Å². The molecule has 2 aromatic rings. The molecular formula is C35H42ClN2O2+. The van der Waals surface area contributed by atoms with Crippen LogP contribution < -0.4 is 4.90 Å². The first-order valence-corrected chi connectivity index (χ1v) is 14.7. The second-order valence-electron chi connectivity index (χ2n) is 12.1. The number of nitrogens with zero attached hydrogens (tertiary/aromatic N) is 2. The van der Waals surface area contributed by atoms with Gasteiger partial charge in [-0.3, -0.25) is 0 Å². The first kappa shape index (κ1) is 28.6. The maximum absolute atomic E-state index is 10.7. The van der Waals surface area contributed by atoms with Crippen molar-refractivity contribution in [2.45, 2.75) is 84.1 Å². The van der Waals surface area contributed by atoms with Gasteiger partial charge in [-0.1, -0.05) is 74.0 Å². The molecule has 4 nitrogen and oxygen atoms in total. The van der Waals surface area contributed by atoms with Crippen molar-refractivity contribution in [3.8, 4) is 0 Å². The third-order valence-electron chi connectivity index (χ3n) is 8.89. The molecule has 5 heteroatoms. The summed E-state index contributed by atoms with van der Waals surface area (Å²) in [5.41, 5.74) is 8.98. The maximum Gasteiger partial charge on any atom is 0.260 e. The number of aliphatic hydroxyl groups is 1. The predicted octanol–water partition coefficient (Wildman–Crippen LogP) is 8.23. The number of fused-ring (bicyclic) bond motifs is 2. The van der Waals surface area contributed by atoms with Gasteiger partial charge < -0.3 is 14.7 Å². The number of hydrogen-bond donors (Lipinski definition) is 1. The molecule has 0 saturated heterocycles. The number of para-hydroxylation sites is 2. The Labute approximate surface area is 244 Å². The number of halogens is 1. The minimum atomic E-state index is -0.628. The molecule has 0 bridgehead atoms. The summed E-state index contributed by atoms with van der Waals surface area (Å²) in [6.07, 6.45) is 11.0. The van der Waals surface area contributed by atoms with Gasteiger partial charge in [0.15, 0.2) is 5.71 Å². The average molecular weight is 558 g/mol. The van der Waals surface area contributed by atoms with Crippen LogP contribution in [0.3, 0.4) is 0 Å². The van der Waals surface area contributed by atoms with Crippen molar-refractivity contribution in [2.24, 2.45) is 0 Å². The van der Waals surface area contributed by atoms with E-state index >= 15 is 0 Å². The topological polar surface area (TPSA) is 35.7 Å². The van der Waals surface area contributed by atoms with Gasteiger partial charge in [-0.15, -0.1) is 0 Å². The molecule has 210 valence electrons. The molecule has 0 radical (unpaired) electrons. The van der Waals surface area contributed by atoms with Gasteiger partial charge in [-0.05, 0) is 68.9 Å². The minimum absolute atomic E-state index is 0.0868. The highest BCUT2D eigenvalue weighted by atomic mass is 35.5. The van der Waals surface area contributed by atoms with Crippen LogP contribution in [0.25, 0.3) is 0 Å². The lowest BCUT2D eigenvalue weighted by Crippen LogP contribution is -2.33. The van der Waals surface area contributed by atoms with E-state index < -0.39 is 6.23 Å². The molecule has 0 fully saturated rings. The first-order chi connectivity index (χ1) is 19.0. The Morgan fingerprint density at radius 1 is 0.925 bits per heavy atom. The van der Waals surface area contributed by atoms with Gasteiger partial charge in [-0.2, -0.15) is 4.58 Å². The molecule has 2 heterocycles. The highest BCUT2D eigenvalue weighted by molar-refractivity contribution is 6.32. The molecule has 1 aliphatic carbocycles. The molecule has 0 aromatic heterocycles. The molecule has 1 N–H and O–H groups in total. The summed E-state index contributed by atoms with van der Waals surface area (Å²) < 4.78 is 8.09. The Kier molecular flexibility index (Phi) is 7.73. The number of hydrogen-bond acceptors (Lipinski definition) is 3. The van der Waals surface area contributed by atoms with Crippen LogP contribution in [0.5, 0.6) is 0 Å². The number of allylic oxidation sites excluding steroid dienone is 8. The highest BCUT2D eigenvalue weighted by Gasteiger charge is 2.46. The largest absolute Gasteiger partial charge is 0.374 e.